The van der Waals surface area contributed by atoms with Gasteiger partial charge in [0.2, 0.25) is 0 Å². The van der Waals surface area contributed by atoms with E-state index in [-0.39, 0.29) is 0 Å². The topological polar surface area (TPSA) is 38.0 Å². The molecule has 14 heavy (non-hydrogen) atoms. The van der Waals surface area contributed by atoms with Gasteiger partial charge in [-0.1, -0.05) is 20.3 Å². The van der Waals surface area contributed by atoms with E-state index in [1.54, 1.807) is 0 Å². The summed E-state index contributed by atoms with van der Waals surface area (Å²) < 4.78 is 0. The average molecular weight is 198 g/mol. The van der Waals surface area contributed by atoms with Crippen LogP contribution in [0.4, 0.5) is 0 Å². The van der Waals surface area contributed by atoms with E-state index in [2.05, 4.69) is 19.2 Å². The molecule has 0 radical (unpaired) electrons. The van der Waals surface area contributed by atoms with E-state index in [9.17, 15) is 0 Å². The van der Waals surface area contributed by atoms with E-state index < -0.39 is 0 Å². The molecule has 1 rings (SSSR count). The fourth-order valence-corrected chi connectivity index (χ4v) is 2.10. The molecule has 0 aromatic rings. The Labute approximate surface area is 88.6 Å². The molecule has 2 nitrogen and oxygen atoms in total. The molecule has 1 aliphatic rings. The summed E-state index contributed by atoms with van der Waals surface area (Å²) in [6, 6.07) is 0.826. The zero-order chi connectivity index (χ0) is 10.4. The van der Waals surface area contributed by atoms with Crippen molar-refractivity contribution in [1.29, 1.82) is 0 Å². The van der Waals surface area contributed by atoms with E-state index in [1.165, 1.54) is 38.6 Å². The van der Waals surface area contributed by atoms with Gasteiger partial charge in [-0.3, -0.25) is 0 Å². The quantitative estimate of drug-likeness (QED) is 0.658. The summed E-state index contributed by atoms with van der Waals surface area (Å²) in [5, 5.41) is 3.60. The van der Waals surface area contributed by atoms with Crippen LogP contribution in [-0.4, -0.2) is 19.1 Å². The highest BCUT2D eigenvalue weighted by molar-refractivity contribution is 4.76. The van der Waals surface area contributed by atoms with Gasteiger partial charge in [-0.15, -0.1) is 0 Å². The standard InChI is InChI=1S/C12H26N2/c1-10(2)8-11(9-13)6-7-14-12-4-3-5-12/h10-12,14H,3-9,13H2,1-2H3. The Morgan fingerprint density at radius 3 is 2.50 bits per heavy atom. The van der Waals surface area contributed by atoms with E-state index in [0.29, 0.717) is 0 Å². The Morgan fingerprint density at radius 1 is 1.36 bits per heavy atom. The third kappa shape index (κ3) is 4.43. The van der Waals surface area contributed by atoms with E-state index in [1.807, 2.05) is 0 Å². The molecule has 0 spiro atoms. The molecule has 0 heterocycles. The molecule has 0 aromatic heterocycles. The Morgan fingerprint density at radius 2 is 2.07 bits per heavy atom. The maximum absolute atomic E-state index is 5.76. The van der Waals surface area contributed by atoms with Gasteiger partial charge in [0, 0.05) is 6.04 Å². The van der Waals surface area contributed by atoms with Crippen molar-refractivity contribution >= 4 is 0 Å². The first-order chi connectivity index (χ1) is 6.72. The lowest BCUT2D eigenvalue weighted by molar-refractivity contribution is 0.315. The zero-order valence-corrected chi connectivity index (χ0v) is 9.76. The van der Waals surface area contributed by atoms with Crippen LogP contribution < -0.4 is 11.1 Å². The normalized spacial score (nSPS) is 19.7. The molecule has 1 fully saturated rings. The summed E-state index contributed by atoms with van der Waals surface area (Å²) in [7, 11) is 0. The summed E-state index contributed by atoms with van der Waals surface area (Å²) in [6.07, 6.45) is 6.73. The van der Waals surface area contributed by atoms with Crippen molar-refractivity contribution in [1.82, 2.24) is 5.32 Å². The van der Waals surface area contributed by atoms with Crippen LogP contribution in [0.2, 0.25) is 0 Å². The molecule has 0 aliphatic heterocycles. The van der Waals surface area contributed by atoms with Crippen molar-refractivity contribution < 1.29 is 0 Å². The number of nitrogens with one attached hydrogen (secondary N) is 1. The van der Waals surface area contributed by atoms with Gasteiger partial charge in [-0.2, -0.15) is 0 Å². The first-order valence-corrected chi connectivity index (χ1v) is 6.15. The van der Waals surface area contributed by atoms with Gasteiger partial charge in [0.15, 0.2) is 0 Å². The SMILES string of the molecule is CC(C)CC(CN)CCNC1CCC1. The van der Waals surface area contributed by atoms with Crippen LogP contribution in [0.25, 0.3) is 0 Å². The predicted molar refractivity (Wildman–Crippen MR) is 62.3 cm³/mol. The second-order valence-corrected chi connectivity index (χ2v) is 5.10. The van der Waals surface area contributed by atoms with Gasteiger partial charge in [0.05, 0.1) is 0 Å². The third-order valence-electron chi connectivity index (χ3n) is 3.23. The minimum Gasteiger partial charge on any atom is -0.330 e. The highest BCUT2D eigenvalue weighted by Gasteiger charge is 2.16. The molecule has 1 atom stereocenters. The maximum atomic E-state index is 5.76. The Balaban J connectivity index is 2.01. The van der Waals surface area contributed by atoms with Gasteiger partial charge in [-0.25, -0.2) is 0 Å². The summed E-state index contributed by atoms with van der Waals surface area (Å²) in [5.74, 6) is 1.51. The molecule has 1 aliphatic carbocycles. The minimum atomic E-state index is 0.725. The van der Waals surface area contributed by atoms with Gasteiger partial charge in [0.1, 0.15) is 0 Å². The first kappa shape index (κ1) is 12.0. The summed E-state index contributed by atoms with van der Waals surface area (Å²) in [6.45, 7) is 6.58. The Bertz CT molecular complexity index is 141. The number of hydrogen-bond acceptors (Lipinski definition) is 2. The van der Waals surface area contributed by atoms with Crippen LogP contribution in [0.5, 0.6) is 0 Å². The fraction of sp³-hybridized carbons (Fsp3) is 1.00. The average Bonchev–Trinajstić information content (AvgIpc) is 2.06. The lowest BCUT2D eigenvalue weighted by atomic mass is 9.91. The monoisotopic (exact) mass is 198 g/mol. The second-order valence-electron chi connectivity index (χ2n) is 5.10. The number of nitrogens with two attached hydrogens (primary N) is 1. The lowest BCUT2D eigenvalue weighted by Crippen LogP contribution is -2.36. The number of rotatable bonds is 7. The highest BCUT2D eigenvalue weighted by atomic mass is 14.9. The highest BCUT2D eigenvalue weighted by Crippen LogP contribution is 2.19. The van der Waals surface area contributed by atoms with Gasteiger partial charge in [0.25, 0.3) is 0 Å². The molecule has 84 valence electrons. The van der Waals surface area contributed by atoms with E-state index in [4.69, 9.17) is 5.73 Å². The molecule has 1 saturated carbocycles. The van der Waals surface area contributed by atoms with E-state index in [0.717, 1.165) is 24.4 Å². The first-order valence-electron chi connectivity index (χ1n) is 6.15. The molecule has 3 N–H and O–H groups in total. The molecule has 0 aromatic carbocycles. The lowest BCUT2D eigenvalue weighted by Gasteiger charge is -2.27. The molecule has 0 amide bonds. The zero-order valence-electron chi connectivity index (χ0n) is 9.76. The Kier molecular flexibility index (Phi) is 5.49. The fourth-order valence-electron chi connectivity index (χ4n) is 2.10. The largest absolute Gasteiger partial charge is 0.330 e. The summed E-state index contributed by atoms with van der Waals surface area (Å²) in [4.78, 5) is 0. The van der Waals surface area contributed by atoms with Crippen LogP contribution in [0.15, 0.2) is 0 Å². The van der Waals surface area contributed by atoms with Crippen molar-refractivity contribution in [3.63, 3.8) is 0 Å². The smallest absolute Gasteiger partial charge is 0.00670 e. The number of hydrogen-bond donors (Lipinski definition) is 2. The maximum Gasteiger partial charge on any atom is 0.00670 e. The second kappa shape index (κ2) is 6.41. The summed E-state index contributed by atoms with van der Waals surface area (Å²) >= 11 is 0. The molecule has 2 heteroatoms. The van der Waals surface area contributed by atoms with Crippen LogP contribution in [-0.2, 0) is 0 Å². The van der Waals surface area contributed by atoms with Crippen LogP contribution in [0, 0.1) is 11.8 Å². The minimum absolute atomic E-state index is 0.725. The van der Waals surface area contributed by atoms with Crippen molar-refractivity contribution in [3.8, 4) is 0 Å². The summed E-state index contributed by atoms with van der Waals surface area (Å²) in [5.41, 5.74) is 5.76. The van der Waals surface area contributed by atoms with Crippen molar-refractivity contribution in [2.24, 2.45) is 17.6 Å². The van der Waals surface area contributed by atoms with Crippen molar-refractivity contribution in [3.05, 3.63) is 0 Å². The molecule has 1 unspecified atom stereocenters. The molecule has 0 saturated heterocycles. The van der Waals surface area contributed by atoms with Gasteiger partial charge < -0.3 is 11.1 Å². The Hall–Kier alpha value is -0.0800. The van der Waals surface area contributed by atoms with Crippen LogP contribution >= 0.6 is 0 Å². The van der Waals surface area contributed by atoms with Crippen LogP contribution in [0.3, 0.4) is 0 Å². The van der Waals surface area contributed by atoms with Crippen LogP contribution in [0.1, 0.15) is 46.0 Å². The third-order valence-corrected chi connectivity index (χ3v) is 3.23. The van der Waals surface area contributed by atoms with Crippen molar-refractivity contribution in [2.45, 2.75) is 52.0 Å². The predicted octanol–water partition coefficient (Wildman–Crippen LogP) is 2.14. The van der Waals surface area contributed by atoms with Crippen molar-refractivity contribution in [2.75, 3.05) is 13.1 Å². The van der Waals surface area contributed by atoms with Gasteiger partial charge >= 0.3 is 0 Å². The van der Waals surface area contributed by atoms with Gasteiger partial charge in [-0.05, 0) is 50.6 Å². The molecular weight excluding hydrogens is 172 g/mol. The molecule has 0 bridgehead atoms. The molecular formula is C12H26N2. The van der Waals surface area contributed by atoms with E-state index >= 15 is 0 Å².